The van der Waals surface area contributed by atoms with Crippen molar-refractivity contribution in [1.29, 1.82) is 0 Å². The van der Waals surface area contributed by atoms with Gasteiger partial charge >= 0.3 is 0 Å². The molecule has 6 nitrogen and oxygen atoms in total. The third-order valence-corrected chi connectivity index (χ3v) is 5.36. The molecule has 3 heterocycles. The highest BCUT2D eigenvalue weighted by atomic mass is 16.3. The predicted octanol–water partition coefficient (Wildman–Crippen LogP) is 3.65. The Labute approximate surface area is 162 Å². The summed E-state index contributed by atoms with van der Waals surface area (Å²) in [6.07, 6.45) is 1.81. The molecule has 0 spiro atoms. The van der Waals surface area contributed by atoms with Crippen LogP contribution in [0.15, 0.2) is 59.1 Å². The summed E-state index contributed by atoms with van der Waals surface area (Å²) in [5, 5.41) is 0.996. The van der Waals surface area contributed by atoms with Crippen molar-refractivity contribution in [2.75, 3.05) is 31.1 Å². The van der Waals surface area contributed by atoms with Crippen LogP contribution in [0.1, 0.15) is 16.1 Å². The maximum Gasteiger partial charge on any atom is 0.290 e. The van der Waals surface area contributed by atoms with Crippen LogP contribution in [0.25, 0.3) is 22.0 Å². The molecule has 1 saturated heterocycles. The molecule has 1 aliphatic heterocycles. The van der Waals surface area contributed by atoms with Crippen LogP contribution in [0, 0.1) is 6.92 Å². The fourth-order valence-electron chi connectivity index (χ4n) is 3.76. The minimum atomic E-state index is -0.0436. The van der Waals surface area contributed by atoms with Gasteiger partial charge in [-0.15, -0.1) is 0 Å². The molecule has 1 aliphatic rings. The normalized spacial score (nSPS) is 14.8. The molecule has 2 aromatic heterocycles. The first-order valence-corrected chi connectivity index (χ1v) is 9.45. The Kier molecular flexibility index (Phi) is 3.97. The summed E-state index contributed by atoms with van der Waals surface area (Å²) < 4.78 is 5.85. The third kappa shape index (κ3) is 2.78. The van der Waals surface area contributed by atoms with Gasteiger partial charge in [0.1, 0.15) is 11.4 Å². The summed E-state index contributed by atoms with van der Waals surface area (Å²) in [6.45, 7) is 4.64. The van der Waals surface area contributed by atoms with Crippen molar-refractivity contribution in [3.05, 3.63) is 66.1 Å². The van der Waals surface area contributed by atoms with E-state index in [1.807, 2.05) is 66.6 Å². The quantitative estimate of drug-likeness (QED) is 0.537. The number of hydrogen-bond acceptors (Lipinski definition) is 5. The van der Waals surface area contributed by atoms with Crippen LogP contribution in [0.3, 0.4) is 0 Å². The van der Waals surface area contributed by atoms with Crippen molar-refractivity contribution in [3.8, 4) is 0 Å². The van der Waals surface area contributed by atoms with Crippen molar-refractivity contribution in [2.24, 2.45) is 0 Å². The molecule has 4 aromatic rings. The van der Waals surface area contributed by atoms with E-state index in [0.29, 0.717) is 18.8 Å². The van der Waals surface area contributed by atoms with E-state index >= 15 is 0 Å². The lowest BCUT2D eigenvalue weighted by Gasteiger charge is -2.35. The first kappa shape index (κ1) is 16.7. The minimum Gasteiger partial charge on any atom is -0.451 e. The van der Waals surface area contributed by atoms with Gasteiger partial charge in [0.15, 0.2) is 5.76 Å². The molecule has 0 unspecified atom stereocenters. The molecule has 0 radical (unpaired) electrons. The van der Waals surface area contributed by atoms with Crippen LogP contribution in [0.5, 0.6) is 0 Å². The van der Waals surface area contributed by atoms with Crippen LogP contribution in [0.4, 0.5) is 5.82 Å². The highest BCUT2D eigenvalue weighted by Gasteiger charge is 2.27. The Bertz CT molecular complexity index is 1180. The Morgan fingerprint density at radius 3 is 2.46 bits per heavy atom. The van der Waals surface area contributed by atoms with E-state index < -0.39 is 0 Å². The molecule has 2 aromatic carbocycles. The first-order valence-electron chi connectivity index (χ1n) is 9.45. The van der Waals surface area contributed by atoms with Crippen molar-refractivity contribution in [2.45, 2.75) is 6.92 Å². The number of anilines is 1. The van der Waals surface area contributed by atoms with Crippen LogP contribution >= 0.6 is 0 Å². The minimum absolute atomic E-state index is 0.0436. The standard InChI is InChI=1S/C22H20N4O2/c1-15-16-6-2-5-9-19(16)28-21(15)22(27)26-12-10-25(11-13-26)20-14-23-17-7-3-4-8-18(17)24-20/h2-9,14H,10-13H2,1H3. The number of furan rings is 1. The van der Waals surface area contributed by atoms with Crippen molar-refractivity contribution in [3.63, 3.8) is 0 Å². The summed E-state index contributed by atoms with van der Waals surface area (Å²) in [5.41, 5.74) is 3.44. The maximum atomic E-state index is 13.0. The molecule has 5 rings (SSSR count). The second-order valence-electron chi connectivity index (χ2n) is 7.05. The zero-order valence-corrected chi connectivity index (χ0v) is 15.6. The molecule has 140 valence electrons. The Balaban J connectivity index is 1.33. The first-order chi connectivity index (χ1) is 13.7. The van der Waals surface area contributed by atoms with Gasteiger partial charge in [-0.3, -0.25) is 9.78 Å². The third-order valence-electron chi connectivity index (χ3n) is 5.36. The van der Waals surface area contributed by atoms with Crippen molar-refractivity contribution in [1.82, 2.24) is 14.9 Å². The number of hydrogen-bond donors (Lipinski definition) is 0. The fourth-order valence-corrected chi connectivity index (χ4v) is 3.76. The fraction of sp³-hybridized carbons (Fsp3) is 0.227. The molecule has 1 amide bonds. The SMILES string of the molecule is Cc1c(C(=O)N2CCN(c3cnc4ccccc4n3)CC2)oc2ccccc12. The van der Waals surface area contributed by atoms with E-state index in [0.717, 1.165) is 46.5 Å². The van der Waals surface area contributed by atoms with Crippen LogP contribution < -0.4 is 4.90 Å². The van der Waals surface area contributed by atoms with Crippen LogP contribution in [-0.2, 0) is 0 Å². The van der Waals surface area contributed by atoms with E-state index in [4.69, 9.17) is 9.40 Å². The monoisotopic (exact) mass is 372 g/mol. The molecule has 28 heavy (non-hydrogen) atoms. The van der Waals surface area contributed by atoms with Gasteiger partial charge in [-0.25, -0.2) is 4.98 Å². The smallest absolute Gasteiger partial charge is 0.290 e. The molecule has 0 N–H and O–H groups in total. The van der Waals surface area contributed by atoms with E-state index in [1.54, 1.807) is 0 Å². The molecule has 0 saturated carbocycles. The average molecular weight is 372 g/mol. The Morgan fingerprint density at radius 1 is 0.964 bits per heavy atom. The lowest BCUT2D eigenvalue weighted by Crippen LogP contribution is -2.49. The lowest BCUT2D eigenvalue weighted by atomic mass is 10.1. The molecule has 0 atom stereocenters. The van der Waals surface area contributed by atoms with Crippen molar-refractivity contribution >= 4 is 33.7 Å². The summed E-state index contributed by atoms with van der Waals surface area (Å²) in [5.74, 6) is 1.25. The lowest BCUT2D eigenvalue weighted by molar-refractivity contribution is 0.0716. The van der Waals surface area contributed by atoms with Gasteiger partial charge < -0.3 is 14.2 Å². The van der Waals surface area contributed by atoms with Crippen LogP contribution in [0.2, 0.25) is 0 Å². The van der Waals surface area contributed by atoms with Gasteiger partial charge in [0, 0.05) is 37.1 Å². The highest BCUT2D eigenvalue weighted by molar-refractivity contribution is 5.99. The summed E-state index contributed by atoms with van der Waals surface area (Å²) in [7, 11) is 0. The van der Waals surface area contributed by atoms with Gasteiger partial charge in [-0.1, -0.05) is 30.3 Å². The largest absolute Gasteiger partial charge is 0.451 e. The Hall–Kier alpha value is -3.41. The second-order valence-corrected chi connectivity index (χ2v) is 7.05. The van der Waals surface area contributed by atoms with Gasteiger partial charge in [-0.05, 0) is 25.1 Å². The summed E-state index contributed by atoms with van der Waals surface area (Å²) in [6, 6.07) is 15.6. The highest BCUT2D eigenvalue weighted by Crippen LogP contribution is 2.26. The molecule has 1 fully saturated rings. The number of fused-ring (bicyclic) bond motifs is 2. The zero-order chi connectivity index (χ0) is 19.1. The predicted molar refractivity (Wildman–Crippen MR) is 109 cm³/mol. The van der Waals surface area contributed by atoms with Crippen LogP contribution in [-0.4, -0.2) is 47.0 Å². The molecular weight excluding hydrogens is 352 g/mol. The summed E-state index contributed by atoms with van der Waals surface area (Å²) in [4.78, 5) is 26.2. The van der Waals surface area contributed by atoms with Gasteiger partial charge in [0.05, 0.1) is 17.2 Å². The number of para-hydroxylation sites is 3. The number of aryl methyl sites for hydroxylation is 1. The van der Waals surface area contributed by atoms with E-state index in [9.17, 15) is 4.79 Å². The van der Waals surface area contributed by atoms with E-state index in [-0.39, 0.29) is 5.91 Å². The summed E-state index contributed by atoms with van der Waals surface area (Å²) >= 11 is 0. The number of carbonyl (C=O) groups is 1. The number of piperazine rings is 1. The second kappa shape index (κ2) is 6.64. The van der Waals surface area contributed by atoms with Gasteiger partial charge in [0.2, 0.25) is 0 Å². The number of aromatic nitrogens is 2. The van der Waals surface area contributed by atoms with Gasteiger partial charge in [-0.2, -0.15) is 0 Å². The van der Waals surface area contributed by atoms with Gasteiger partial charge in [0.25, 0.3) is 5.91 Å². The molecule has 6 heteroatoms. The zero-order valence-electron chi connectivity index (χ0n) is 15.6. The Morgan fingerprint density at radius 2 is 1.68 bits per heavy atom. The number of amides is 1. The maximum absolute atomic E-state index is 13.0. The van der Waals surface area contributed by atoms with E-state index in [1.165, 1.54) is 0 Å². The number of carbonyl (C=O) groups excluding carboxylic acids is 1. The molecular formula is C22H20N4O2. The van der Waals surface area contributed by atoms with E-state index in [2.05, 4.69) is 9.88 Å². The van der Waals surface area contributed by atoms with Crippen molar-refractivity contribution < 1.29 is 9.21 Å². The number of nitrogens with zero attached hydrogens (tertiary/aromatic N) is 4. The molecule has 0 aliphatic carbocycles. The topological polar surface area (TPSA) is 62.5 Å². The number of benzene rings is 2. The average Bonchev–Trinajstić information content (AvgIpc) is 3.10. The molecule has 0 bridgehead atoms. The number of rotatable bonds is 2.